The highest BCUT2D eigenvalue weighted by atomic mass is 16.2. The van der Waals surface area contributed by atoms with Gasteiger partial charge in [0.2, 0.25) is 11.8 Å². The number of allylic oxidation sites excluding steroid dienone is 12. The quantitative estimate of drug-likeness (QED) is 0.146. The summed E-state index contributed by atoms with van der Waals surface area (Å²) in [5, 5.41) is 5.84. The highest BCUT2D eigenvalue weighted by Gasteiger charge is 2.06. The molecule has 0 aliphatic carbocycles. The maximum Gasteiger partial charge on any atom is 0.220 e. The van der Waals surface area contributed by atoms with Gasteiger partial charge in [-0.25, -0.2) is 0 Å². The molecule has 0 aromatic heterocycles. The fourth-order valence-electron chi connectivity index (χ4n) is 3.11. The van der Waals surface area contributed by atoms with Crippen LogP contribution in [0.25, 0.3) is 0 Å². The summed E-state index contributed by atoms with van der Waals surface area (Å²) in [7, 11) is 0. The van der Waals surface area contributed by atoms with Gasteiger partial charge in [-0.15, -0.1) is 0 Å². The van der Waals surface area contributed by atoms with Gasteiger partial charge in [0.25, 0.3) is 0 Å². The van der Waals surface area contributed by atoms with Crippen molar-refractivity contribution in [3.63, 3.8) is 0 Å². The number of carbonyl (C=O) groups excluding carboxylic acids is 2. The van der Waals surface area contributed by atoms with E-state index in [-0.39, 0.29) is 17.9 Å². The molecule has 0 rings (SSSR count). The Morgan fingerprint density at radius 1 is 0.706 bits per heavy atom. The summed E-state index contributed by atoms with van der Waals surface area (Å²) in [5.41, 5.74) is 0. The summed E-state index contributed by atoms with van der Waals surface area (Å²) in [6.45, 7) is 6.42. The van der Waals surface area contributed by atoms with Gasteiger partial charge in [0, 0.05) is 25.9 Å². The monoisotopic (exact) mass is 468 g/mol. The Bertz CT molecular complexity index is 684. The molecule has 0 aliphatic rings. The zero-order chi connectivity index (χ0) is 25.1. The summed E-state index contributed by atoms with van der Waals surface area (Å²) < 4.78 is 0. The van der Waals surface area contributed by atoms with Crippen LogP contribution in [0.2, 0.25) is 0 Å². The Balaban J connectivity index is 3.64. The second-order valence-corrected chi connectivity index (χ2v) is 8.40. The van der Waals surface area contributed by atoms with Crippen LogP contribution in [0.15, 0.2) is 72.9 Å². The lowest BCUT2D eigenvalue weighted by molar-refractivity contribution is -0.121. The van der Waals surface area contributed by atoms with Crippen LogP contribution in [0.1, 0.15) is 91.4 Å². The van der Waals surface area contributed by atoms with Gasteiger partial charge in [0.05, 0.1) is 0 Å². The van der Waals surface area contributed by atoms with Crippen molar-refractivity contribution >= 4 is 11.8 Å². The number of hydrogen-bond acceptors (Lipinski definition) is 2. The average Bonchev–Trinajstić information content (AvgIpc) is 2.80. The standard InChI is InChI=1S/C30H48N2O2/c1-4-5-6-7-8-9-10-11-12-13-14-15-16-17-18-19-20-21-22-26-30(34)32-28(2)25-23-24-27-31-29(3)33/h5-6,8-9,11-12,14-15,17-18,20-21,28H,4,7,10,13,16,19,22-27H2,1-3H3,(H,31,33)(H,32,34)/b6-5-,9-8-,12-11-,15-14-,18-17-,21-20-/t28-/m1/s1. The minimum absolute atomic E-state index is 0.00995. The number of hydrogen-bond donors (Lipinski definition) is 2. The van der Waals surface area contributed by atoms with E-state index in [0.29, 0.717) is 13.0 Å². The maximum atomic E-state index is 12.0. The molecule has 0 bridgehead atoms. The van der Waals surface area contributed by atoms with Crippen molar-refractivity contribution in [1.82, 2.24) is 10.6 Å². The smallest absolute Gasteiger partial charge is 0.220 e. The Morgan fingerprint density at radius 2 is 1.18 bits per heavy atom. The van der Waals surface area contributed by atoms with Crippen LogP contribution in [-0.4, -0.2) is 24.4 Å². The minimum atomic E-state index is 0.00995. The first-order valence-electron chi connectivity index (χ1n) is 13.0. The molecule has 0 saturated carbocycles. The lowest BCUT2D eigenvalue weighted by Crippen LogP contribution is -2.32. The highest BCUT2D eigenvalue weighted by Crippen LogP contribution is 2.02. The fraction of sp³-hybridized carbons (Fsp3) is 0.533. The average molecular weight is 469 g/mol. The zero-order valence-electron chi connectivity index (χ0n) is 21.8. The molecule has 0 spiro atoms. The molecule has 0 unspecified atom stereocenters. The molecule has 4 heteroatoms. The van der Waals surface area contributed by atoms with E-state index in [4.69, 9.17) is 0 Å². The van der Waals surface area contributed by atoms with Crippen LogP contribution in [0, 0.1) is 0 Å². The normalized spacial score (nSPS) is 13.4. The molecule has 0 aromatic carbocycles. The molecule has 0 radical (unpaired) electrons. The largest absolute Gasteiger partial charge is 0.356 e. The summed E-state index contributed by atoms with van der Waals surface area (Å²) in [4.78, 5) is 22.8. The summed E-state index contributed by atoms with van der Waals surface area (Å²) in [6, 6.07) is 0.176. The Morgan fingerprint density at radius 3 is 1.65 bits per heavy atom. The van der Waals surface area contributed by atoms with Gasteiger partial charge in [-0.05, 0) is 71.1 Å². The van der Waals surface area contributed by atoms with Crippen molar-refractivity contribution in [2.24, 2.45) is 0 Å². The van der Waals surface area contributed by atoms with Gasteiger partial charge >= 0.3 is 0 Å². The summed E-state index contributed by atoms with van der Waals surface area (Å²) in [5.74, 6) is 0.115. The van der Waals surface area contributed by atoms with Crippen molar-refractivity contribution in [2.45, 2.75) is 97.4 Å². The van der Waals surface area contributed by atoms with Gasteiger partial charge < -0.3 is 10.6 Å². The van der Waals surface area contributed by atoms with E-state index in [9.17, 15) is 9.59 Å². The van der Waals surface area contributed by atoms with Gasteiger partial charge in [0.15, 0.2) is 0 Å². The van der Waals surface area contributed by atoms with Gasteiger partial charge in [-0.2, -0.15) is 0 Å². The number of rotatable bonds is 20. The fourth-order valence-corrected chi connectivity index (χ4v) is 3.11. The Hall–Kier alpha value is -2.62. The SMILES string of the molecule is CC/C=C\C/C=C\C/C=C\C/C=C\C/C=C\C/C=C\CCC(=O)N[C@H](C)CCCCNC(C)=O. The van der Waals surface area contributed by atoms with Crippen LogP contribution in [0.4, 0.5) is 0 Å². The van der Waals surface area contributed by atoms with Crippen LogP contribution in [-0.2, 0) is 9.59 Å². The van der Waals surface area contributed by atoms with Crippen LogP contribution in [0.3, 0.4) is 0 Å². The third-order valence-corrected chi connectivity index (χ3v) is 4.98. The van der Waals surface area contributed by atoms with E-state index in [0.717, 1.165) is 64.2 Å². The Kier molecular flexibility index (Phi) is 23.1. The first-order chi connectivity index (χ1) is 16.6. The molecule has 0 saturated heterocycles. The minimum Gasteiger partial charge on any atom is -0.356 e. The van der Waals surface area contributed by atoms with Gasteiger partial charge in [-0.3, -0.25) is 9.59 Å². The van der Waals surface area contributed by atoms with Crippen LogP contribution in [0.5, 0.6) is 0 Å². The van der Waals surface area contributed by atoms with Crippen molar-refractivity contribution < 1.29 is 9.59 Å². The molecule has 4 nitrogen and oxygen atoms in total. The first kappa shape index (κ1) is 31.4. The zero-order valence-corrected chi connectivity index (χ0v) is 21.8. The molecule has 34 heavy (non-hydrogen) atoms. The molecule has 0 aromatic rings. The van der Waals surface area contributed by atoms with E-state index in [1.165, 1.54) is 6.92 Å². The van der Waals surface area contributed by atoms with Crippen molar-refractivity contribution in [1.29, 1.82) is 0 Å². The lowest BCUT2D eigenvalue weighted by atomic mass is 10.1. The molecular formula is C30H48N2O2. The molecule has 2 N–H and O–H groups in total. The summed E-state index contributed by atoms with van der Waals surface area (Å²) >= 11 is 0. The topological polar surface area (TPSA) is 58.2 Å². The molecule has 190 valence electrons. The predicted molar refractivity (Wildman–Crippen MR) is 148 cm³/mol. The number of amides is 2. The Labute approximate surface area is 209 Å². The van der Waals surface area contributed by atoms with Crippen LogP contribution >= 0.6 is 0 Å². The lowest BCUT2D eigenvalue weighted by Gasteiger charge is -2.13. The van der Waals surface area contributed by atoms with E-state index in [1.54, 1.807) is 0 Å². The summed E-state index contributed by atoms with van der Waals surface area (Å²) in [6.07, 6.45) is 36.3. The van der Waals surface area contributed by atoms with E-state index < -0.39 is 0 Å². The number of unbranched alkanes of at least 4 members (excludes halogenated alkanes) is 1. The van der Waals surface area contributed by atoms with E-state index in [1.807, 2.05) is 6.92 Å². The van der Waals surface area contributed by atoms with Crippen LogP contribution < -0.4 is 10.6 Å². The third kappa shape index (κ3) is 25.6. The van der Waals surface area contributed by atoms with Gasteiger partial charge in [0.1, 0.15) is 0 Å². The van der Waals surface area contributed by atoms with E-state index in [2.05, 4.69) is 90.5 Å². The number of carbonyl (C=O) groups is 2. The molecule has 0 aliphatic heterocycles. The second-order valence-electron chi connectivity index (χ2n) is 8.40. The third-order valence-electron chi connectivity index (χ3n) is 4.98. The molecule has 1 atom stereocenters. The van der Waals surface area contributed by atoms with Crippen molar-refractivity contribution in [3.05, 3.63) is 72.9 Å². The molecule has 0 fully saturated rings. The van der Waals surface area contributed by atoms with Crippen molar-refractivity contribution in [2.75, 3.05) is 6.54 Å². The molecular weight excluding hydrogens is 420 g/mol. The first-order valence-corrected chi connectivity index (χ1v) is 13.0. The van der Waals surface area contributed by atoms with E-state index >= 15 is 0 Å². The second kappa shape index (κ2) is 25.0. The molecule has 0 heterocycles. The van der Waals surface area contributed by atoms with Gasteiger partial charge in [-0.1, -0.05) is 79.8 Å². The maximum absolute atomic E-state index is 12.0. The molecule has 2 amide bonds. The van der Waals surface area contributed by atoms with Crippen molar-refractivity contribution in [3.8, 4) is 0 Å². The highest BCUT2D eigenvalue weighted by molar-refractivity contribution is 5.76. The number of nitrogens with one attached hydrogen (secondary N) is 2. The predicted octanol–water partition coefficient (Wildman–Crippen LogP) is 7.28.